The van der Waals surface area contributed by atoms with E-state index in [1.54, 1.807) is 0 Å². The lowest BCUT2D eigenvalue weighted by Gasteiger charge is -2.26. The molecule has 0 bridgehead atoms. The van der Waals surface area contributed by atoms with Gasteiger partial charge < -0.3 is 5.32 Å². The normalized spacial score (nSPS) is 24.7. The lowest BCUT2D eigenvalue weighted by Crippen LogP contribution is -2.27. The van der Waals surface area contributed by atoms with Crippen LogP contribution in [0.5, 0.6) is 0 Å². The van der Waals surface area contributed by atoms with Crippen molar-refractivity contribution in [3.05, 3.63) is 23.3 Å². The van der Waals surface area contributed by atoms with Crippen LogP contribution < -0.4 is 5.32 Å². The van der Waals surface area contributed by atoms with Gasteiger partial charge in [0.05, 0.1) is 0 Å². The highest BCUT2D eigenvalue weighted by atomic mass is 15.0. The number of hydrogen-bond acceptors (Lipinski definition) is 3. The second-order valence-corrected chi connectivity index (χ2v) is 6.06. The number of rotatable bonds is 4. The summed E-state index contributed by atoms with van der Waals surface area (Å²) in [5.41, 5.74) is 2.94. The van der Waals surface area contributed by atoms with E-state index in [1.807, 2.05) is 0 Å². The first-order valence-corrected chi connectivity index (χ1v) is 7.32. The minimum Gasteiger partial charge on any atom is -0.310 e. The maximum absolute atomic E-state index is 4.85. The topological polar surface area (TPSA) is 37.8 Å². The minimum absolute atomic E-state index is 0.290. The van der Waals surface area contributed by atoms with E-state index in [2.05, 4.69) is 30.3 Å². The standard InChI is InChI=1S/C15H23N3/c1-3-9-16-12-5-4-6-13-11(12)10-17-14(18-13)15(2)7-8-15/h10,12,16H,3-9H2,1-2H3. The van der Waals surface area contributed by atoms with Gasteiger partial charge in [0.2, 0.25) is 0 Å². The highest BCUT2D eigenvalue weighted by Crippen LogP contribution is 2.46. The van der Waals surface area contributed by atoms with Gasteiger partial charge in [-0.2, -0.15) is 0 Å². The highest BCUT2D eigenvalue weighted by molar-refractivity contribution is 5.27. The molecule has 2 aliphatic rings. The third kappa shape index (κ3) is 2.16. The van der Waals surface area contributed by atoms with Gasteiger partial charge in [0.15, 0.2) is 0 Å². The zero-order chi connectivity index (χ0) is 12.6. The average Bonchev–Trinajstić information content (AvgIpc) is 3.15. The lowest BCUT2D eigenvalue weighted by atomic mass is 9.92. The molecule has 1 aromatic rings. The van der Waals surface area contributed by atoms with Gasteiger partial charge in [-0.15, -0.1) is 0 Å². The van der Waals surface area contributed by atoms with Gasteiger partial charge in [-0.25, -0.2) is 9.97 Å². The molecule has 1 heterocycles. The Morgan fingerprint density at radius 1 is 1.44 bits per heavy atom. The van der Waals surface area contributed by atoms with E-state index in [9.17, 15) is 0 Å². The van der Waals surface area contributed by atoms with Crippen LogP contribution in [0.1, 0.15) is 69.1 Å². The first kappa shape index (κ1) is 12.1. The van der Waals surface area contributed by atoms with Crippen molar-refractivity contribution in [3.8, 4) is 0 Å². The van der Waals surface area contributed by atoms with Gasteiger partial charge in [0.1, 0.15) is 5.82 Å². The van der Waals surface area contributed by atoms with Crippen LogP contribution in [-0.2, 0) is 11.8 Å². The zero-order valence-corrected chi connectivity index (χ0v) is 11.5. The molecule has 98 valence electrons. The van der Waals surface area contributed by atoms with Crippen molar-refractivity contribution in [2.24, 2.45) is 0 Å². The van der Waals surface area contributed by atoms with E-state index >= 15 is 0 Å². The van der Waals surface area contributed by atoms with Crippen molar-refractivity contribution in [2.45, 2.75) is 63.8 Å². The third-order valence-corrected chi connectivity index (χ3v) is 4.36. The molecule has 0 amide bonds. The molecule has 1 saturated carbocycles. The number of hydrogen-bond donors (Lipinski definition) is 1. The SMILES string of the molecule is CCCNC1CCCc2nc(C3(C)CC3)ncc21. The molecule has 1 aromatic heterocycles. The summed E-state index contributed by atoms with van der Waals surface area (Å²) >= 11 is 0. The van der Waals surface area contributed by atoms with Crippen LogP contribution >= 0.6 is 0 Å². The second kappa shape index (κ2) is 4.61. The third-order valence-electron chi connectivity index (χ3n) is 4.36. The molecule has 1 atom stereocenters. The quantitative estimate of drug-likeness (QED) is 0.886. The predicted octanol–water partition coefficient (Wildman–Crippen LogP) is 2.91. The monoisotopic (exact) mass is 245 g/mol. The Labute approximate surface area is 109 Å². The van der Waals surface area contributed by atoms with Gasteiger partial charge in [-0.05, 0) is 45.1 Å². The molecule has 1 N–H and O–H groups in total. The Balaban J connectivity index is 1.85. The predicted molar refractivity (Wildman–Crippen MR) is 72.6 cm³/mol. The fourth-order valence-corrected chi connectivity index (χ4v) is 2.78. The first-order chi connectivity index (χ1) is 8.73. The highest BCUT2D eigenvalue weighted by Gasteiger charge is 2.42. The molecular weight excluding hydrogens is 222 g/mol. The molecule has 1 fully saturated rings. The van der Waals surface area contributed by atoms with E-state index in [4.69, 9.17) is 4.98 Å². The van der Waals surface area contributed by atoms with Gasteiger partial charge in [-0.3, -0.25) is 0 Å². The smallest absolute Gasteiger partial charge is 0.134 e. The van der Waals surface area contributed by atoms with Crippen LogP contribution in [-0.4, -0.2) is 16.5 Å². The van der Waals surface area contributed by atoms with Crippen molar-refractivity contribution in [2.75, 3.05) is 6.54 Å². The summed E-state index contributed by atoms with van der Waals surface area (Å²) in [6.07, 6.45) is 9.39. The maximum Gasteiger partial charge on any atom is 0.134 e. The summed E-state index contributed by atoms with van der Waals surface area (Å²) in [6, 6.07) is 0.481. The van der Waals surface area contributed by atoms with Crippen molar-refractivity contribution in [1.82, 2.24) is 15.3 Å². The molecule has 2 aliphatic carbocycles. The van der Waals surface area contributed by atoms with Crippen LogP contribution in [0.2, 0.25) is 0 Å². The maximum atomic E-state index is 4.85. The summed E-state index contributed by atoms with van der Waals surface area (Å²) in [7, 11) is 0. The van der Waals surface area contributed by atoms with Crippen molar-refractivity contribution in [3.63, 3.8) is 0 Å². The molecule has 0 saturated heterocycles. The fourth-order valence-electron chi connectivity index (χ4n) is 2.78. The molecule has 0 aromatic carbocycles. The summed E-state index contributed by atoms with van der Waals surface area (Å²) in [5.74, 6) is 1.08. The molecule has 18 heavy (non-hydrogen) atoms. The van der Waals surface area contributed by atoms with E-state index in [0.29, 0.717) is 11.5 Å². The molecule has 0 aliphatic heterocycles. The zero-order valence-electron chi connectivity index (χ0n) is 11.5. The molecule has 0 radical (unpaired) electrons. The Bertz CT molecular complexity index is 437. The lowest BCUT2D eigenvalue weighted by molar-refractivity contribution is 0.450. The van der Waals surface area contributed by atoms with E-state index in [0.717, 1.165) is 18.8 Å². The van der Waals surface area contributed by atoms with Gasteiger partial charge in [-0.1, -0.05) is 13.8 Å². The molecular formula is C15H23N3. The van der Waals surface area contributed by atoms with E-state index in [1.165, 1.54) is 43.4 Å². The van der Waals surface area contributed by atoms with Crippen LogP contribution in [0.4, 0.5) is 0 Å². The fraction of sp³-hybridized carbons (Fsp3) is 0.733. The average molecular weight is 245 g/mol. The second-order valence-electron chi connectivity index (χ2n) is 6.06. The van der Waals surface area contributed by atoms with Crippen molar-refractivity contribution < 1.29 is 0 Å². The summed E-state index contributed by atoms with van der Waals surface area (Å²) in [4.78, 5) is 9.49. The Morgan fingerprint density at radius 3 is 3.00 bits per heavy atom. The van der Waals surface area contributed by atoms with Gasteiger partial charge in [0.25, 0.3) is 0 Å². The number of aryl methyl sites for hydroxylation is 1. The summed E-state index contributed by atoms with van der Waals surface area (Å²) < 4.78 is 0. The van der Waals surface area contributed by atoms with Gasteiger partial charge >= 0.3 is 0 Å². The van der Waals surface area contributed by atoms with Crippen molar-refractivity contribution >= 4 is 0 Å². The van der Waals surface area contributed by atoms with Crippen LogP contribution in [0.15, 0.2) is 6.20 Å². The van der Waals surface area contributed by atoms with Crippen LogP contribution in [0.3, 0.4) is 0 Å². The van der Waals surface area contributed by atoms with E-state index < -0.39 is 0 Å². The molecule has 3 heteroatoms. The number of fused-ring (bicyclic) bond motifs is 1. The summed E-state index contributed by atoms with van der Waals surface area (Å²) in [5, 5.41) is 3.62. The Hall–Kier alpha value is -0.960. The first-order valence-electron chi connectivity index (χ1n) is 7.32. The van der Waals surface area contributed by atoms with E-state index in [-0.39, 0.29) is 0 Å². The van der Waals surface area contributed by atoms with Crippen molar-refractivity contribution in [1.29, 1.82) is 0 Å². The molecule has 3 nitrogen and oxygen atoms in total. The molecule has 0 spiro atoms. The Kier molecular flexibility index (Phi) is 3.10. The number of nitrogens with zero attached hydrogens (tertiary/aromatic N) is 2. The Morgan fingerprint density at radius 2 is 2.28 bits per heavy atom. The molecule has 1 unspecified atom stereocenters. The van der Waals surface area contributed by atoms with Gasteiger partial charge in [0, 0.05) is 28.9 Å². The number of nitrogens with one attached hydrogen (secondary N) is 1. The molecule has 3 rings (SSSR count). The summed E-state index contributed by atoms with van der Waals surface area (Å²) in [6.45, 7) is 5.58. The van der Waals surface area contributed by atoms with Crippen LogP contribution in [0, 0.1) is 0 Å². The number of aromatic nitrogens is 2. The van der Waals surface area contributed by atoms with Crippen LogP contribution in [0.25, 0.3) is 0 Å². The largest absolute Gasteiger partial charge is 0.310 e. The minimum atomic E-state index is 0.290.